The molecule has 0 saturated carbocycles. The molecule has 1 heterocycles. The molecule has 0 radical (unpaired) electrons. The fourth-order valence-corrected chi connectivity index (χ4v) is 4.38. The standard InChI is InChI=1S/C23H24FN3O3/c1-15(16-9-11-18(24)12-10-16)26(2)20(28)14-27-21(29)23(25-22(27)30)13-5-7-17-6-3-4-8-19(17)23/h3-4,6,8-12,15H,5,7,13-14H2,1-2H3,(H,25,30). The number of aryl methyl sites for hydroxylation is 1. The number of amides is 4. The normalized spacial score (nSPS) is 21.4. The van der Waals surface area contributed by atoms with E-state index < -0.39 is 11.6 Å². The Morgan fingerprint density at radius 2 is 1.90 bits per heavy atom. The minimum absolute atomic E-state index is 0.330. The summed E-state index contributed by atoms with van der Waals surface area (Å²) in [5, 5.41) is 2.86. The first-order chi connectivity index (χ1) is 14.3. The molecule has 156 valence electrons. The van der Waals surface area contributed by atoms with Crippen LogP contribution in [-0.4, -0.2) is 41.2 Å². The van der Waals surface area contributed by atoms with Crippen LogP contribution in [0.25, 0.3) is 0 Å². The molecule has 0 aromatic heterocycles. The zero-order valence-electron chi connectivity index (χ0n) is 17.0. The Kier molecular flexibility index (Phi) is 5.05. The van der Waals surface area contributed by atoms with Gasteiger partial charge in [-0.1, -0.05) is 36.4 Å². The van der Waals surface area contributed by atoms with E-state index in [1.165, 1.54) is 17.0 Å². The Morgan fingerprint density at radius 1 is 1.20 bits per heavy atom. The van der Waals surface area contributed by atoms with Gasteiger partial charge in [0.15, 0.2) is 0 Å². The van der Waals surface area contributed by atoms with Crippen LogP contribution in [0.5, 0.6) is 0 Å². The number of likely N-dealkylation sites (N-methyl/N-ethyl adjacent to an activating group) is 1. The molecule has 30 heavy (non-hydrogen) atoms. The van der Waals surface area contributed by atoms with E-state index in [2.05, 4.69) is 5.32 Å². The van der Waals surface area contributed by atoms with Crippen molar-refractivity contribution >= 4 is 17.8 Å². The Bertz CT molecular complexity index is 1010. The number of nitrogens with zero attached hydrogens (tertiary/aromatic N) is 2. The van der Waals surface area contributed by atoms with Gasteiger partial charge in [-0.15, -0.1) is 0 Å². The second-order valence-corrected chi connectivity index (χ2v) is 7.97. The minimum Gasteiger partial charge on any atom is -0.337 e. The van der Waals surface area contributed by atoms with Gasteiger partial charge in [-0.3, -0.25) is 14.5 Å². The number of fused-ring (bicyclic) bond motifs is 2. The lowest BCUT2D eigenvalue weighted by atomic mass is 9.76. The number of carbonyl (C=O) groups excluding carboxylic acids is 3. The number of carbonyl (C=O) groups is 3. The van der Waals surface area contributed by atoms with Gasteiger partial charge in [0.25, 0.3) is 5.91 Å². The SMILES string of the molecule is CC(c1ccc(F)cc1)N(C)C(=O)CN1C(=O)NC2(CCCc3ccccc32)C1=O. The van der Waals surface area contributed by atoms with Gasteiger partial charge in [0.1, 0.15) is 17.9 Å². The van der Waals surface area contributed by atoms with Gasteiger partial charge < -0.3 is 10.2 Å². The predicted molar refractivity (Wildman–Crippen MR) is 109 cm³/mol. The zero-order valence-corrected chi connectivity index (χ0v) is 17.0. The average Bonchev–Trinajstić information content (AvgIpc) is 2.98. The monoisotopic (exact) mass is 409 g/mol. The average molecular weight is 409 g/mol. The molecule has 2 aromatic rings. The van der Waals surface area contributed by atoms with E-state index in [1.54, 1.807) is 19.2 Å². The van der Waals surface area contributed by atoms with Gasteiger partial charge in [-0.2, -0.15) is 0 Å². The highest BCUT2D eigenvalue weighted by atomic mass is 19.1. The summed E-state index contributed by atoms with van der Waals surface area (Å²) in [6, 6.07) is 12.7. The van der Waals surface area contributed by atoms with Gasteiger partial charge in [0, 0.05) is 7.05 Å². The molecular formula is C23H24FN3O3. The molecule has 1 spiro atoms. The van der Waals surface area contributed by atoms with Crippen LogP contribution in [-0.2, 0) is 21.5 Å². The maximum Gasteiger partial charge on any atom is 0.325 e. The maximum atomic E-state index is 13.3. The first-order valence-electron chi connectivity index (χ1n) is 10.1. The van der Waals surface area contributed by atoms with E-state index in [9.17, 15) is 18.8 Å². The third-order valence-electron chi connectivity index (χ3n) is 6.27. The van der Waals surface area contributed by atoms with Crippen LogP contribution >= 0.6 is 0 Å². The van der Waals surface area contributed by atoms with Crippen LogP contribution in [0.2, 0.25) is 0 Å². The van der Waals surface area contributed by atoms with E-state index in [0.717, 1.165) is 34.4 Å². The van der Waals surface area contributed by atoms with Gasteiger partial charge in [0.05, 0.1) is 6.04 Å². The van der Waals surface area contributed by atoms with Gasteiger partial charge in [0.2, 0.25) is 5.91 Å². The van der Waals surface area contributed by atoms with Gasteiger partial charge >= 0.3 is 6.03 Å². The molecule has 1 saturated heterocycles. The van der Waals surface area contributed by atoms with Crippen molar-refractivity contribution in [2.24, 2.45) is 0 Å². The van der Waals surface area contributed by atoms with Crippen LogP contribution < -0.4 is 5.32 Å². The van der Waals surface area contributed by atoms with Gasteiger partial charge in [-0.05, 0) is 55.0 Å². The highest BCUT2D eigenvalue weighted by Crippen LogP contribution is 2.39. The molecule has 1 fully saturated rings. The highest BCUT2D eigenvalue weighted by molar-refractivity contribution is 6.09. The molecule has 1 N–H and O–H groups in total. The molecule has 2 atom stereocenters. The van der Waals surface area contributed by atoms with Gasteiger partial charge in [-0.25, -0.2) is 9.18 Å². The van der Waals surface area contributed by atoms with Crippen molar-refractivity contribution in [3.8, 4) is 0 Å². The molecule has 7 heteroatoms. The van der Waals surface area contributed by atoms with E-state index in [0.29, 0.717) is 6.42 Å². The topological polar surface area (TPSA) is 69.7 Å². The van der Waals surface area contributed by atoms with Crippen molar-refractivity contribution in [1.29, 1.82) is 0 Å². The summed E-state index contributed by atoms with van der Waals surface area (Å²) in [6.45, 7) is 1.48. The van der Waals surface area contributed by atoms with E-state index >= 15 is 0 Å². The number of urea groups is 1. The minimum atomic E-state index is -1.09. The summed E-state index contributed by atoms with van der Waals surface area (Å²) in [4.78, 5) is 41.4. The Hall–Kier alpha value is -3.22. The second kappa shape index (κ2) is 7.55. The molecule has 1 aliphatic heterocycles. The molecule has 2 unspecified atom stereocenters. The molecule has 0 bridgehead atoms. The van der Waals surface area contributed by atoms with Crippen molar-refractivity contribution < 1.29 is 18.8 Å². The van der Waals surface area contributed by atoms with Crippen LogP contribution in [0.4, 0.5) is 9.18 Å². The summed E-state index contributed by atoms with van der Waals surface area (Å²) < 4.78 is 13.2. The smallest absolute Gasteiger partial charge is 0.325 e. The van der Waals surface area contributed by atoms with Crippen molar-refractivity contribution in [1.82, 2.24) is 15.1 Å². The number of hydrogen-bond acceptors (Lipinski definition) is 3. The Morgan fingerprint density at radius 3 is 2.63 bits per heavy atom. The molecule has 4 rings (SSSR count). The largest absolute Gasteiger partial charge is 0.337 e. The summed E-state index contributed by atoms with van der Waals surface area (Å²) in [7, 11) is 1.61. The van der Waals surface area contributed by atoms with Crippen molar-refractivity contribution in [2.75, 3.05) is 13.6 Å². The lowest BCUT2D eigenvalue weighted by Crippen LogP contribution is -2.47. The zero-order chi connectivity index (χ0) is 21.5. The molecule has 1 aliphatic carbocycles. The number of hydrogen-bond donors (Lipinski definition) is 1. The number of imide groups is 1. The number of halogens is 1. The Balaban J connectivity index is 1.53. The van der Waals surface area contributed by atoms with Crippen LogP contribution in [0, 0.1) is 5.82 Å². The Labute approximate surface area is 174 Å². The first kappa shape index (κ1) is 20.1. The molecule has 4 amide bonds. The van der Waals surface area contributed by atoms with Crippen molar-refractivity contribution in [3.63, 3.8) is 0 Å². The molecular weight excluding hydrogens is 385 g/mol. The highest BCUT2D eigenvalue weighted by Gasteiger charge is 2.54. The lowest BCUT2D eigenvalue weighted by molar-refractivity contribution is -0.139. The second-order valence-electron chi connectivity index (χ2n) is 7.97. The predicted octanol–water partition coefficient (Wildman–Crippen LogP) is 3.13. The first-order valence-corrected chi connectivity index (χ1v) is 10.1. The lowest BCUT2D eigenvalue weighted by Gasteiger charge is -2.33. The molecule has 6 nitrogen and oxygen atoms in total. The van der Waals surface area contributed by atoms with E-state index in [1.807, 2.05) is 31.2 Å². The van der Waals surface area contributed by atoms with E-state index in [-0.39, 0.29) is 30.2 Å². The number of benzene rings is 2. The third-order valence-corrected chi connectivity index (χ3v) is 6.27. The van der Waals surface area contributed by atoms with Crippen LogP contribution in [0.3, 0.4) is 0 Å². The van der Waals surface area contributed by atoms with Crippen molar-refractivity contribution in [2.45, 2.75) is 37.8 Å². The van der Waals surface area contributed by atoms with E-state index in [4.69, 9.17) is 0 Å². The number of nitrogens with one attached hydrogen (secondary N) is 1. The summed E-state index contributed by atoms with van der Waals surface area (Å²) in [6.07, 6.45) is 2.16. The summed E-state index contributed by atoms with van der Waals surface area (Å²) in [5.41, 5.74) is 1.54. The van der Waals surface area contributed by atoms with Crippen LogP contribution in [0.15, 0.2) is 48.5 Å². The summed E-state index contributed by atoms with van der Waals surface area (Å²) >= 11 is 0. The quantitative estimate of drug-likeness (QED) is 0.789. The maximum absolute atomic E-state index is 13.3. The number of rotatable bonds is 4. The summed E-state index contributed by atoms with van der Waals surface area (Å²) in [5.74, 6) is -1.09. The molecule has 2 aromatic carbocycles. The fraction of sp³-hybridized carbons (Fsp3) is 0.348. The van der Waals surface area contributed by atoms with Crippen molar-refractivity contribution in [3.05, 3.63) is 71.0 Å². The fourth-order valence-electron chi connectivity index (χ4n) is 4.38. The molecule has 2 aliphatic rings. The van der Waals surface area contributed by atoms with Crippen LogP contribution in [0.1, 0.15) is 42.5 Å². The third kappa shape index (κ3) is 3.24.